The van der Waals surface area contributed by atoms with Crippen LogP contribution >= 0.6 is 24.9 Å². The van der Waals surface area contributed by atoms with E-state index in [1.54, 1.807) is 0 Å². The van der Waals surface area contributed by atoms with Gasteiger partial charge < -0.3 is 0 Å². The minimum Gasteiger partial charge on any atom is -0.114 e. The molecular weight excluding hydrogens is 387 g/mol. The highest BCUT2D eigenvalue weighted by molar-refractivity contribution is 8.93. The van der Waals surface area contributed by atoms with E-state index in [1.165, 1.54) is 27.9 Å². The Labute approximate surface area is 163 Å². The van der Waals surface area contributed by atoms with Crippen molar-refractivity contribution in [3.05, 3.63) is 90.5 Å². The van der Waals surface area contributed by atoms with Crippen molar-refractivity contribution >= 4 is 40.8 Å². The molecule has 0 heterocycles. The molecule has 25 heavy (non-hydrogen) atoms. The highest BCUT2D eigenvalue weighted by atomic mass is 79.9. The van der Waals surface area contributed by atoms with Gasteiger partial charge in [0, 0.05) is 0 Å². The zero-order valence-electron chi connectivity index (χ0n) is 14.9. The van der Waals surface area contributed by atoms with Gasteiger partial charge in [-0.1, -0.05) is 98.8 Å². The maximum atomic E-state index is 2.33. The molecule has 0 saturated carbocycles. The second-order valence-electron chi connectivity index (χ2n) is 6.57. The third kappa shape index (κ3) is 5.27. The normalized spacial score (nSPS) is 10.7. The molecule has 3 aromatic rings. The van der Waals surface area contributed by atoms with Crippen molar-refractivity contribution in [2.24, 2.45) is 5.92 Å². The number of aryl methyl sites for hydroxylation is 1. The maximum absolute atomic E-state index is 2.33. The largest absolute Gasteiger partial charge is 0.114 e. The van der Waals surface area contributed by atoms with Crippen LogP contribution in [0.4, 0.5) is 0 Å². The second kappa shape index (κ2) is 9.90. The summed E-state index contributed by atoms with van der Waals surface area (Å²) in [6.45, 7) is 4.61. The average Bonchev–Trinajstić information content (AvgIpc) is 2.63. The summed E-state index contributed by atoms with van der Waals surface area (Å²) >= 11 is 0. The molecule has 0 N–H and O–H groups in total. The van der Waals surface area contributed by atoms with Gasteiger partial charge in [-0.25, -0.2) is 0 Å². The van der Waals surface area contributed by atoms with Crippen molar-refractivity contribution in [3.63, 3.8) is 0 Å². The molecule has 0 bridgehead atoms. The third-order valence-corrected chi connectivity index (χ3v) is 6.80. The highest BCUT2D eigenvalue weighted by Gasteiger charge is 2.18. The Morgan fingerprint density at radius 2 is 1.16 bits per heavy atom. The average molecular weight is 413 g/mol. The first-order valence-electron chi connectivity index (χ1n) is 8.74. The molecule has 2 heteroatoms. The van der Waals surface area contributed by atoms with Crippen LogP contribution in [0.2, 0.25) is 0 Å². The smallest absolute Gasteiger partial charge is 0.0119 e. The minimum absolute atomic E-state index is 0. The van der Waals surface area contributed by atoms with Gasteiger partial charge in [0.05, 0.1) is 0 Å². The Bertz CT molecular complexity index is 714. The number of halogens is 1. The zero-order chi connectivity index (χ0) is 16.8. The molecule has 0 amide bonds. The Kier molecular flexibility index (Phi) is 7.88. The highest BCUT2D eigenvalue weighted by Crippen LogP contribution is 2.34. The molecule has 3 aromatic carbocycles. The SMILES string of the molecule is Br.CC(C)CCc1ccccc1P(c1ccccc1)c1ccccc1. The summed E-state index contributed by atoms with van der Waals surface area (Å²) in [5.41, 5.74) is 1.50. The van der Waals surface area contributed by atoms with Crippen molar-refractivity contribution in [2.45, 2.75) is 26.7 Å². The first-order valence-corrected chi connectivity index (χ1v) is 10.1. The lowest BCUT2D eigenvalue weighted by molar-refractivity contribution is 0.587. The van der Waals surface area contributed by atoms with Gasteiger partial charge in [0.1, 0.15) is 0 Å². The molecule has 3 rings (SSSR count). The summed E-state index contributed by atoms with van der Waals surface area (Å²) in [4.78, 5) is 0. The molecule has 0 aliphatic heterocycles. The maximum Gasteiger partial charge on any atom is -0.0119 e. The van der Waals surface area contributed by atoms with Gasteiger partial charge in [-0.15, -0.1) is 17.0 Å². The van der Waals surface area contributed by atoms with Crippen LogP contribution in [-0.4, -0.2) is 0 Å². The van der Waals surface area contributed by atoms with E-state index < -0.39 is 7.92 Å². The van der Waals surface area contributed by atoms with Crippen molar-refractivity contribution < 1.29 is 0 Å². The van der Waals surface area contributed by atoms with Crippen molar-refractivity contribution in [1.82, 2.24) is 0 Å². The number of rotatable bonds is 6. The zero-order valence-corrected chi connectivity index (χ0v) is 17.5. The van der Waals surface area contributed by atoms with Gasteiger partial charge in [-0.2, -0.15) is 0 Å². The van der Waals surface area contributed by atoms with E-state index >= 15 is 0 Å². The molecule has 0 spiro atoms. The van der Waals surface area contributed by atoms with Gasteiger partial charge in [-0.05, 0) is 48.2 Å². The van der Waals surface area contributed by atoms with Crippen molar-refractivity contribution in [1.29, 1.82) is 0 Å². The van der Waals surface area contributed by atoms with Gasteiger partial charge in [0.25, 0.3) is 0 Å². The van der Waals surface area contributed by atoms with E-state index in [0.29, 0.717) is 0 Å². The fourth-order valence-corrected chi connectivity index (χ4v) is 5.47. The molecule has 0 aromatic heterocycles. The predicted molar refractivity (Wildman–Crippen MR) is 119 cm³/mol. The lowest BCUT2D eigenvalue weighted by Gasteiger charge is -2.22. The van der Waals surface area contributed by atoms with Crippen LogP contribution in [0.1, 0.15) is 25.8 Å². The molecule has 0 fully saturated rings. The Morgan fingerprint density at radius 3 is 1.68 bits per heavy atom. The quantitative estimate of drug-likeness (QED) is 0.461. The Balaban J connectivity index is 0.00000225. The first kappa shape index (κ1) is 19.9. The summed E-state index contributed by atoms with van der Waals surface area (Å²) in [7, 11) is -0.498. The molecule has 0 unspecified atom stereocenters. The Morgan fingerprint density at radius 1 is 0.680 bits per heavy atom. The lowest BCUT2D eigenvalue weighted by atomic mass is 10.0. The fourth-order valence-electron chi connectivity index (χ4n) is 2.97. The van der Waals surface area contributed by atoms with Crippen LogP contribution < -0.4 is 15.9 Å². The van der Waals surface area contributed by atoms with Crippen LogP contribution in [0.15, 0.2) is 84.9 Å². The van der Waals surface area contributed by atoms with Crippen LogP contribution in [0.5, 0.6) is 0 Å². The second-order valence-corrected chi connectivity index (χ2v) is 8.75. The molecule has 130 valence electrons. The number of hydrogen-bond acceptors (Lipinski definition) is 0. The molecule has 0 nitrogen and oxygen atoms in total. The molecule has 0 radical (unpaired) electrons. The van der Waals surface area contributed by atoms with Crippen molar-refractivity contribution in [2.75, 3.05) is 0 Å². The van der Waals surface area contributed by atoms with Crippen LogP contribution in [0, 0.1) is 5.92 Å². The molecule has 0 aliphatic rings. The van der Waals surface area contributed by atoms with Crippen LogP contribution in [0.25, 0.3) is 0 Å². The van der Waals surface area contributed by atoms with Gasteiger partial charge >= 0.3 is 0 Å². The van der Waals surface area contributed by atoms with Gasteiger partial charge in [0.15, 0.2) is 0 Å². The summed E-state index contributed by atoms with van der Waals surface area (Å²) in [6, 6.07) is 31.0. The molecular formula is C23H26BrP. The predicted octanol–water partition coefficient (Wildman–Crippen LogP) is 5.61. The summed E-state index contributed by atoms with van der Waals surface area (Å²) in [5.74, 6) is 0.734. The first-order chi connectivity index (χ1) is 11.8. The standard InChI is InChI=1S/C23H25P.BrH/c1-19(2)17-18-20-11-9-10-16-23(20)24(21-12-5-3-6-13-21)22-14-7-4-8-15-22;/h3-16,19H,17-18H2,1-2H3;1H. The van der Waals surface area contributed by atoms with Crippen LogP contribution in [0.3, 0.4) is 0 Å². The van der Waals surface area contributed by atoms with Crippen molar-refractivity contribution in [3.8, 4) is 0 Å². The summed E-state index contributed by atoms with van der Waals surface area (Å²) in [6.07, 6.45) is 2.40. The van der Waals surface area contributed by atoms with E-state index in [0.717, 1.165) is 12.3 Å². The third-order valence-electron chi connectivity index (χ3n) is 4.25. The monoisotopic (exact) mass is 412 g/mol. The van der Waals surface area contributed by atoms with E-state index in [1.807, 2.05) is 0 Å². The van der Waals surface area contributed by atoms with Gasteiger partial charge in [-0.3, -0.25) is 0 Å². The Hall–Kier alpha value is -1.43. The van der Waals surface area contributed by atoms with E-state index in [4.69, 9.17) is 0 Å². The fraction of sp³-hybridized carbons (Fsp3) is 0.217. The summed E-state index contributed by atoms with van der Waals surface area (Å²) in [5, 5.41) is 4.36. The molecule has 0 atom stereocenters. The molecule has 0 aliphatic carbocycles. The van der Waals surface area contributed by atoms with E-state index in [-0.39, 0.29) is 17.0 Å². The molecule has 0 saturated heterocycles. The number of benzene rings is 3. The minimum atomic E-state index is -0.498. The van der Waals surface area contributed by atoms with E-state index in [9.17, 15) is 0 Å². The van der Waals surface area contributed by atoms with Gasteiger partial charge in [0.2, 0.25) is 0 Å². The lowest BCUT2D eigenvalue weighted by Crippen LogP contribution is -2.23. The number of hydrogen-bond donors (Lipinski definition) is 0. The van der Waals surface area contributed by atoms with E-state index in [2.05, 4.69) is 98.8 Å². The summed E-state index contributed by atoms with van der Waals surface area (Å²) < 4.78 is 0. The topological polar surface area (TPSA) is 0 Å². The van der Waals surface area contributed by atoms with Crippen LogP contribution in [-0.2, 0) is 6.42 Å².